The van der Waals surface area contributed by atoms with Crippen LogP contribution in [0, 0.1) is 5.41 Å². The van der Waals surface area contributed by atoms with E-state index in [1.165, 1.54) is 0 Å². The minimum absolute atomic E-state index is 0.0791. The minimum atomic E-state index is -4.77. The fourth-order valence-electron chi connectivity index (χ4n) is 1.76. The Morgan fingerprint density at radius 3 is 2.36 bits per heavy atom. The molecule has 6 heteroatoms. The highest BCUT2D eigenvalue weighted by Gasteiger charge is 2.42. The van der Waals surface area contributed by atoms with Gasteiger partial charge in [0.05, 0.1) is 0 Å². The predicted octanol–water partition coefficient (Wildman–Crippen LogP) is 0.617. The quantitative estimate of drug-likeness (QED) is 0.724. The van der Waals surface area contributed by atoms with E-state index in [4.69, 9.17) is 0 Å². The number of amides is 1. The van der Waals surface area contributed by atoms with E-state index in [0.717, 1.165) is 0 Å². The molecule has 1 rings (SSSR count). The molecule has 0 unspecified atom stereocenters. The lowest BCUT2D eigenvalue weighted by Crippen LogP contribution is -2.58. The molecular weight excluding hydrogens is 197 g/mol. The summed E-state index contributed by atoms with van der Waals surface area (Å²) in [6, 6.07) is 0. The van der Waals surface area contributed by atoms with Crippen molar-refractivity contribution in [1.82, 2.24) is 10.2 Å². The summed E-state index contributed by atoms with van der Waals surface area (Å²) in [5, 5.41) is 1.90. The Morgan fingerprint density at radius 1 is 1.50 bits per heavy atom. The first-order chi connectivity index (χ1) is 6.23. The number of nitrogens with zero attached hydrogens (tertiary/aromatic N) is 1. The number of hydrogen-bond acceptors (Lipinski definition) is 2. The molecule has 14 heavy (non-hydrogen) atoms. The zero-order valence-electron chi connectivity index (χ0n) is 8.11. The molecule has 0 aliphatic carbocycles. The van der Waals surface area contributed by atoms with Crippen LogP contribution < -0.4 is 5.32 Å². The van der Waals surface area contributed by atoms with Crippen molar-refractivity contribution in [3.05, 3.63) is 0 Å². The third-order valence-electron chi connectivity index (χ3n) is 2.24. The van der Waals surface area contributed by atoms with E-state index in [1.54, 1.807) is 0 Å². The lowest BCUT2D eigenvalue weighted by molar-refractivity contribution is -0.174. The zero-order chi connectivity index (χ0) is 11.0. The zero-order valence-corrected chi connectivity index (χ0v) is 8.11. The number of halogens is 3. The molecule has 0 saturated carbocycles. The standard InChI is InChI=1S/C8H13F3N2O/c1-7(4-13(2)5-7)3-12-6(14)8(9,10)11/h3-5H2,1-2H3,(H,12,14). The number of carbonyl (C=O) groups is 1. The summed E-state index contributed by atoms with van der Waals surface area (Å²) >= 11 is 0. The molecule has 0 bridgehead atoms. The van der Waals surface area contributed by atoms with Crippen molar-refractivity contribution in [2.24, 2.45) is 5.41 Å². The molecule has 0 radical (unpaired) electrons. The van der Waals surface area contributed by atoms with Crippen molar-refractivity contribution in [1.29, 1.82) is 0 Å². The minimum Gasteiger partial charge on any atom is -0.348 e. The van der Waals surface area contributed by atoms with Gasteiger partial charge in [0, 0.05) is 25.0 Å². The molecule has 1 heterocycles. The van der Waals surface area contributed by atoms with Crippen LogP contribution >= 0.6 is 0 Å². The fourth-order valence-corrected chi connectivity index (χ4v) is 1.76. The van der Waals surface area contributed by atoms with Crippen LogP contribution in [-0.4, -0.2) is 43.7 Å². The summed E-state index contributed by atoms with van der Waals surface area (Å²) in [6.07, 6.45) is -4.77. The van der Waals surface area contributed by atoms with Crippen molar-refractivity contribution >= 4 is 5.91 Å². The highest BCUT2D eigenvalue weighted by atomic mass is 19.4. The third kappa shape index (κ3) is 2.60. The molecule has 1 amide bonds. The van der Waals surface area contributed by atoms with Crippen molar-refractivity contribution in [2.75, 3.05) is 26.7 Å². The van der Waals surface area contributed by atoms with Crippen LogP contribution in [0.1, 0.15) is 6.92 Å². The number of carbonyl (C=O) groups excluding carboxylic acids is 1. The van der Waals surface area contributed by atoms with E-state index in [0.29, 0.717) is 13.1 Å². The van der Waals surface area contributed by atoms with Gasteiger partial charge in [0.25, 0.3) is 0 Å². The van der Waals surface area contributed by atoms with Gasteiger partial charge in [-0.25, -0.2) is 0 Å². The number of nitrogens with one attached hydrogen (secondary N) is 1. The number of likely N-dealkylation sites (tertiary alicyclic amines) is 1. The second-order valence-corrected chi connectivity index (χ2v) is 4.16. The summed E-state index contributed by atoms with van der Waals surface area (Å²) in [6.45, 7) is 3.36. The van der Waals surface area contributed by atoms with Gasteiger partial charge in [-0.15, -0.1) is 0 Å². The molecule has 82 valence electrons. The van der Waals surface area contributed by atoms with Crippen molar-refractivity contribution < 1.29 is 18.0 Å². The summed E-state index contributed by atoms with van der Waals surface area (Å²) in [5.41, 5.74) is -0.213. The first-order valence-electron chi connectivity index (χ1n) is 4.26. The van der Waals surface area contributed by atoms with Gasteiger partial charge < -0.3 is 10.2 Å². The second-order valence-electron chi connectivity index (χ2n) is 4.16. The average Bonchev–Trinajstić information content (AvgIpc) is 1.95. The molecule has 1 saturated heterocycles. The number of rotatable bonds is 2. The summed E-state index contributed by atoms with van der Waals surface area (Å²) in [4.78, 5) is 12.5. The molecular formula is C8H13F3N2O. The van der Waals surface area contributed by atoms with Gasteiger partial charge in [-0.05, 0) is 7.05 Å². The molecule has 1 N–H and O–H groups in total. The van der Waals surface area contributed by atoms with Gasteiger partial charge >= 0.3 is 12.1 Å². The van der Waals surface area contributed by atoms with Gasteiger partial charge in [0.15, 0.2) is 0 Å². The average molecular weight is 210 g/mol. The van der Waals surface area contributed by atoms with Gasteiger partial charge in [0.2, 0.25) is 0 Å². The van der Waals surface area contributed by atoms with Crippen LogP contribution in [0.5, 0.6) is 0 Å². The molecule has 0 aromatic rings. The Bertz CT molecular complexity index is 233. The maximum absolute atomic E-state index is 11.8. The summed E-state index contributed by atoms with van der Waals surface area (Å²) in [5.74, 6) is -1.85. The van der Waals surface area contributed by atoms with E-state index in [9.17, 15) is 18.0 Å². The highest BCUT2D eigenvalue weighted by molar-refractivity contribution is 5.81. The van der Waals surface area contributed by atoms with E-state index in [-0.39, 0.29) is 12.0 Å². The van der Waals surface area contributed by atoms with Crippen molar-refractivity contribution in [3.8, 4) is 0 Å². The Labute approximate surface area is 80.3 Å². The Kier molecular flexibility index (Phi) is 2.76. The van der Waals surface area contributed by atoms with E-state index >= 15 is 0 Å². The Morgan fingerprint density at radius 2 is 2.00 bits per heavy atom. The maximum Gasteiger partial charge on any atom is 0.471 e. The monoisotopic (exact) mass is 210 g/mol. The van der Waals surface area contributed by atoms with Gasteiger partial charge in [-0.3, -0.25) is 4.79 Å². The highest BCUT2D eigenvalue weighted by Crippen LogP contribution is 2.27. The number of alkyl halides is 3. The van der Waals surface area contributed by atoms with Crippen LogP contribution in [0.2, 0.25) is 0 Å². The Balaban J connectivity index is 2.31. The second kappa shape index (κ2) is 3.42. The maximum atomic E-state index is 11.8. The van der Waals surface area contributed by atoms with Crippen molar-refractivity contribution in [2.45, 2.75) is 13.1 Å². The Hall–Kier alpha value is -0.780. The first-order valence-corrected chi connectivity index (χ1v) is 4.26. The lowest BCUT2D eigenvalue weighted by atomic mass is 9.82. The molecule has 0 atom stereocenters. The van der Waals surface area contributed by atoms with E-state index < -0.39 is 12.1 Å². The molecule has 1 fully saturated rings. The largest absolute Gasteiger partial charge is 0.471 e. The van der Waals surface area contributed by atoms with E-state index in [1.807, 2.05) is 24.2 Å². The van der Waals surface area contributed by atoms with E-state index in [2.05, 4.69) is 0 Å². The van der Waals surface area contributed by atoms with Gasteiger partial charge in [-0.2, -0.15) is 13.2 Å². The smallest absolute Gasteiger partial charge is 0.348 e. The normalized spacial score (nSPS) is 21.5. The molecule has 0 aromatic carbocycles. The molecule has 0 aromatic heterocycles. The van der Waals surface area contributed by atoms with Crippen LogP contribution in [0.4, 0.5) is 13.2 Å². The first kappa shape index (κ1) is 11.3. The third-order valence-corrected chi connectivity index (χ3v) is 2.24. The SMILES string of the molecule is CN1CC(C)(CNC(=O)C(F)(F)F)C1. The van der Waals surface area contributed by atoms with Crippen LogP contribution in [-0.2, 0) is 4.79 Å². The van der Waals surface area contributed by atoms with Gasteiger partial charge in [-0.1, -0.05) is 6.92 Å². The van der Waals surface area contributed by atoms with Gasteiger partial charge in [0.1, 0.15) is 0 Å². The fraction of sp³-hybridized carbons (Fsp3) is 0.875. The molecule has 1 aliphatic rings. The predicted molar refractivity (Wildman–Crippen MR) is 44.7 cm³/mol. The molecule has 3 nitrogen and oxygen atoms in total. The van der Waals surface area contributed by atoms with Crippen LogP contribution in [0.25, 0.3) is 0 Å². The molecule has 0 spiro atoms. The summed E-state index contributed by atoms with van der Waals surface area (Å²) in [7, 11) is 1.88. The lowest BCUT2D eigenvalue weighted by Gasteiger charge is -2.46. The van der Waals surface area contributed by atoms with Crippen molar-refractivity contribution in [3.63, 3.8) is 0 Å². The number of hydrogen-bond donors (Lipinski definition) is 1. The van der Waals surface area contributed by atoms with Crippen LogP contribution in [0.15, 0.2) is 0 Å². The summed E-state index contributed by atoms with van der Waals surface area (Å²) < 4.78 is 35.4. The molecule has 1 aliphatic heterocycles. The topological polar surface area (TPSA) is 32.3 Å². The van der Waals surface area contributed by atoms with Crippen LogP contribution in [0.3, 0.4) is 0 Å².